The molecular formula is C12H24N4O2S. The van der Waals surface area contributed by atoms with Gasteiger partial charge in [0.15, 0.2) is 0 Å². The molecule has 1 heterocycles. The Bertz CT molecular complexity index is 494. The lowest BCUT2D eigenvalue weighted by Gasteiger charge is -2.25. The van der Waals surface area contributed by atoms with Crippen molar-refractivity contribution in [2.45, 2.75) is 45.8 Å². The number of hydrogen-bond donors (Lipinski definition) is 2. The van der Waals surface area contributed by atoms with E-state index in [4.69, 9.17) is 0 Å². The smallest absolute Gasteiger partial charge is 0.209 e. The van der Waals surface area contributed by atoms with Crippen LogP contribution in [0.25, 0.3) is 0 Å². The highest BCUT2D eigenvalue weighted by Gasteiger charge is 2.21. The minimum Gasteiger partial charge on any atom is -0.333 e. The molecule has 0 aliphatic heterocycles. The minimum absolute atomic E-state index is 0.511. The first-order valence-corrected chi connectivity index (χ1v) is 8.31. The van der Waals surface area contributed by atoms with E-state index in [2.05, 4.69) is 26.5 Å². The monoisotopic (exact) mass is 288 g/mol. The zero-order valence-electron chi connectivity index (χ0n) is 12.1. The molecule has 2 N–H and O–H groups in total. The normalized spacial score (nSPS) is 12.8. The minimum atomic E-state index is -3.19. The number of sulfonamides is 1. The topological polar surface area (TPSA) is 76.0 Å². The van der Waals surface area contributed by atoms with Crippen molar-refractivity contribution in [1.82, 2.24) is 19.6 Å². The number of rotatable bonds is 8. The quantitative estimate of drug-likeness (QED) is 0.739. The Balaban J connectivity index is 2.47. The molecule has 0 spiro atoms. The van der Waals surface area contributed by atoms with Crippen molar-refractivity contribution >= 4 is 10.0 Å². The van der Waals surface area contributed by atoms with Gasteiger partial charge in [0.2, 0.25) is 10.0 Å². The fourth-order valence-electron chi connectivity index (χ4n) is 1.98. The van der Waals surface area contributed by atoms with Gasteiger partial charge < -0.3 is 9.88 Å². The van der Waals surface area contributed by atoms with E-state index >= 15 is 0 Å². The number of aromatic nitrogens is 2. The summed E-state index contributed by atoms with van der Waals surface area (Å²) in [6, 6.07) is 0. The fourth-order valence-corrected chi connectivity index (χ4v) is 3.05. The van der Waals surface area contributed by atoms with Crippen LogP contribution in [0.2, 0.25) is 0 Å². The maximum atomic E-state index is 11.2. The van der Waals surface area contributed by atoms with E-state index in [0.717, 1.165) is 18.7 Å². The van der Waals surface area contributed by atoms with E-state index in [9.17, 15) is 8.42 Å². The maximum absolute atomic E-state index is 11.2. The summed E-state index contributed by atoms with van der Waals surface area (Å²) in [5, 5.41) is 3.26. The maximum Gasteiger partial charge on any atom is 0.209 e. The van der Waals surface area contributed by atoms with Crippen LogP contribution >= 0.6 is 0 Å². The van der Waals surface area contributed by atoms with E-state index in [1.165, 1.54) is 6.26 Å². The first-order valence-electron chi connectivity index (χ1n) is 6.42. The van der Waals surface area contributed by atoms with Gasteiger partial charge in [-0.25, -0.2) is 18.1 Å². The van der Waals surface area contributed by atoms with Crippen molar-refractivity contribution < 1.29 is 8.42 Å². The summed E-state index contributed by atoms with van der Waals surface area (Å²) in [6.45, 7) is 8.00. The molecule has 0 saturated heterocycles. The van der Waals surface area contributed by atoms with Crippen molar-refractivity contribution in [3.8, 4) is 0 Å². The van der Waals surface area contributed by atoms with Crippen LogP contribution < -0.4 is 10.0 Å². The summed E-state index contributed by atoms with van der Waals surface area (Å²) in [5.74, 6) is 0. The van der Waals surface area contributed by atoms with Gasteiger partial charge in [0.05, 0.1) is 18.3 Å². The largest absolute Gasteiger partial charge is 0.333 e. The SMILES string of the molecule is CCCn1cncc1CNCC(C)(C)NS(C)(=O)=O. The predicted octanol–water partition coefficient (Wildman–Crippen LogP) is 0.711. The van der Waals surface area contributed by atoms with Crippen molar-refractivity contribution in [3.05, 3.63) is 18.2 Å². The van der Waals surface area contributed by atoms with Crippen LogP contribution in [0.4, 0.5) is 0 Å². The zero-order valence-corrected chi connectivity index (χ0v) is 12.9. The second-order valence-corrected chi connectivity index (χ2v) is 7.19. The zero-order chi connectivity index (χ0) is 14.5. The van der Waals surface area contributed by atoms with Gasteiger partial charge in [-0.2, -0.15) is 0 Å². The van der Waals surface area contributed by atoms with Crippen LogP contribution in [0.1, 0.15) is 32.9 Å². The summed E-state index contributed by atoms with van der Waals surface area (Å²) in [6.07, 6.45) is 5.88. The van der Waals surface area contributed by atoms with Gasteiger partial charge in [0, 0.05) is 31.4 Å². The average molecular weight is 288 g/mol. The molecule has 0 atom stereocenters. The van der Waals surface area contributed by atoms with Gasteiger partial charge in [0.1, 0.15) is 0 Å². The molecule has 1 aromatic heterocycles. The Labute approximate surface area is 115 Å². The molecule has 19 heavy (non-hydrogen) atoms. The summed E-state index contributed by atoms with van der Waals surface area (Å²) in [7, 11) is -3.19. The van der Waals surface area contributed by atoms with E-state index in [-0.39, 0.29) is 0 Å². The molecule has 0 saturated carbocycles. The van der Waals surface area contributed by atoms with Crippen LogP contribution in [-0.4, -0.2) is 36.3 Å². The Morgan fingerprint density at radius 3 is 2.68 bits per heavy atom. The van der Waals surface area contributed by atoms with Crippen molar-refractivity contribution in [2.24, 2.45) is 0 Å². The molecule has 0 unspecified atom stereocenters. The summed E-state index contributed by atoms with van der Waals surface area (Å²) in [4.78, 5) is 4.13. The Morgan fingerprint density at radius 2 is 2.11 bits per heavy atom. The van der Waals surface area contributed by atoms with E-state index < -0.39 is 15.6 Å². The summed E-state index contributed by atoms with van der Waals surface area (Å²) >= 11 is 0. The standard InChI is InChI=1S/C12H24N4O2S/c1-5-6-16-10-14-8-11(16)7-13-9-12(2,3)15-19(4,17)18/h8,10,13,15H,5-7,9H2,1-4H3. The van der Waals surface area contributed by atoms with Crippen LogP contribution in [0.15, 0.2) is 12.5 Å². The highest BCUT2D eigenvalue weighted by Crippen LogP contribution is 2.04. The lowest BCUT2D eigenvalue weighted by molar-refractivity contribution is 0.417. The van der Waals surface area contributed by atoms with Crippen LogP contribution in [-0.2, 0) is 23.1 Å². The molecule has 0 radical (unpaired) electrons. The van der Waals surface area contributed by atoms with Crippen molar-refractivity contribution in [2.75, 3.05) is 12.8 Å². The van der Waals surface area contributed by atoms with Gasteiger partial charge >= 0.3 is 0 Å². The second-order valence-electron chi connectivity index (χ2n) is 5.44. The predicted molar refractivity (Wildman–Crippen MR) is 76.3 cm³/mol. The number of nitrogens with one attached hydrogen (secondary N) is 2. The fraction of sp³-hybridized carbons (Fsp3) is 0.750. The van der Waals surface area contributed by atoms with Gasteiger partial charge in [-0.05, 0) is 20.3 Å². The average Bonchev–Trinajstić information content (AvgIpc) is 2.62. The first kappa shape index (κ1) is 16.1. The Hall–Kier alpha value is -0.920. The molecule has 0 bridgehead atoms. The van der Waals surface area contributed by atoms with Gasteiger partial charge in [-0.15, -0.1) is 0 Å². The first-order chi connectivity index (χ1) is 8.73. The third kappa shape index (κ3) is 6.17. The van der Waals surface area contributed by atoms with E-state index in [0.29, 0.717) is 13.1 Å². The van der Waals surface area contributed by atoms with E-state index in [1.807, 2.05) is 26.4 Å². The summed E-state index contributed by atoms with van der Waals surface area (Å²) < 4.78 is 27.2. The molecule has 0 aliphatic carbocycles. The molecule has 0 fully saturated rings. The molecule has 1 aromatic rings. The van der Waals surface area contributed by atoms with Crippen LogP contribution in [0.3, 0.4) is 0 Å². The number of aryl methyl sites for hydroxylation is 1. The number of hydrogen-bond acceptors (Lipinski definition) is 4. The lowest BCUT2D eigenvalue weighted by atomic mass is 10.1. The second kappa shape index (κ2) is 6.49. The van der Waals surface area contributed by atoms with Gasteiger partial charge in [-0.3, -0.25) is 0 Å². The molecule has 0 amide bonds. The van der Waals surface area contributed by atoms with Gasteiger partial charge in [-0.1, -0.05) is 6.92 Å². The van der Waals surface area contributed by atoms with Gasteiger partial charge in [0.25, 0.3) is 0 Å². The van der Waals surface area contributed by atoms with Crippen molar-refractivity contribution in [3.63, 3.8) is 0 Å². The van der Waals surface area contributed by atoms with E-state index in [1.54, 1.807) is 0 Å². The Kier molecular flexibility index (Phi) is 5.51. The van der Waals surface area contributed by atoms with Crippen molar-refractivity contribution in [1.29, 1.82) is 0 Å². The number of nitrogens with zero attached hydrogens (tertiary/aromatic N) is 2. The number of imidazole rings is 1. The lowest BCUT2D eigenvalue weighted by Crippen LogP contribution is -2.49. The molecule has 0 aliphatic rings. The molecular weight excluding hydrogens is 264 g/mol. The molecule has 7 heteroatoms. The van der Waals surface area contributed by atoms with Crippen LogP contribution in [0.5, 0.6) is 0 Å². The highest BCUT2D eigenvalue weighted by molar-refractivity contribution is 7.88. The third-order valence-electron chi connectivity index (χ3n) is 2.60. The van der Waals surface area contributed by atoms with Crippen LogP contribution in [0, 0.1) is 0 Å². The molecule has 110 valence electrons. The highest BCUT2D eigenvalue weighted by atomic mass is 32.2. The summed E-state index contributed by atoms with van der Waals surface area (Å²) in [5.41, 5.74) is 0.598. The molecule has 1 rings (SSSR count). The molecule has 6 nitrogen and oxygen atoms in total. The molecule has 0 aromatic carbocycles. The third-order valence-corrected chi connectivity index (χ3v) is 3.52. The Morgan fingerprint density at radius 1 is 1.42 bits per heavy atom.